The number of carbonyl (C=O) groups is 1. The van der Waals surface area contributed by atoms with Gasteiger partial charge in [-0.05, 0) is 54.2 Å². The molecule has 0 fully saturated rings. The van der Waals surface area contributed by atoms with Crippen LogP contribution in [0, 0.1) is 5.92 Å². The van der Waals surface area contributed by atoms with Gasteiger partial charge >= 0.3 is 0 Å². The second kappa shape index (κ2) is 7.82. The summed E-state index contributed by atoms with van der Waals surface area (Å²) in [6.07, 6.45) is 3.76. The molecule has 1 amide bonds. The van der Waals surface area contributed by atoms with Gasteiger partial charge in [-0.15, -0.1) is 0 Å². The van der Waals surface area contributed by atoms with Crippen molar-refractivity contribution in [1.82, 2.24) is 9.88 Å². The van der Waals surface area contributed by atoms with Crippen LogP contribution in [0.2, 0.25) is 0 Å². The predicted molar refractivity (Wildman–Crippen MR) is 108 cm³/mol. The molecule has 2 heterocycles. The molecule has 0 saturated heterocycles. The third-order valence-electron chi connectivity index (χ3n) is 4.81. The molecular weight excluding hydrogens is 338 g/mol. The minimum absolute atomic E-state index is 0.0510. The minimum atomic E-state index is -0.0510. The number of rotatable bonds is 6. The number of hydrogen-bond acceptors (Lipinski definition) is 4. The van der Waals surface area contributed by atoms with Crippen LogP contribution in [0.15, 0.2) is 36.5 Å². The fourth-order valence-electron chi connectivity index (χ4n) is 3.12. The topological polar surface area (TPSA) is 68.5 Å². The summed E-state index contributed by atoms with van der Waals surface area (Å²) >= 11 is 0. The Kier molecular flexibility index (Phi) is 5.49. The van der Waals surface area contributed by atoms with Gasteiger partial charge in [0.05, 0.1) is 6.61 Å². The molecule has 1 aliphatic rings. The monoisotopic (exact) mass is 365 g/mol. The number of hydrogen-bond donors (Lipinski definition) is 1. The average molecular weight is 365 g/mol. The van der Waals surface area contributed by atoms with Gasteiger partial charge in [-0.3, -0.25) is 4.79 Å². The highest BCUT2D eigenvalue weighted by Gasteiger charge is 2.32. The van der Waals surface area contributed by atoms with E-state index in [9.17, 15) is 4.79 Å². The zero-order valence-electron chi connectivity index (χ0n) is 16.5. The molecule has 5 heteroatoms. The molecule has 1 aromatic heterocycles. The molecule has 2 aromatic rings. The number of nitrogens with two attached hydrogens (primary N) is 1. The van der Waals surface area contributed by atoms with Crippen LogP contribution in [0.1, 0.15) is 54.7 Å². The van der Waals surface area contributed by atoms with Crippen molar-refractivity contribution in [3.63, 3.8) is 0 Å². The maximum absolute atomic E-state index is 13.0. The number of pyridine rings is 1. The van der Waals surface area contributed by atoms with E-state index in [0.29, 0.717) is 42.7 Å². The van der Waals surface area contributed by atoms with Gasteiger partial charge in [0.15, 0.2) is 0 Å². The maximum atomic E-state index is 13.0. The molecule has 0 spiro atoms. The summed E-state index contributed by atoms with van der Waals surface area (Å²) in [6.45, 7) is 9.75. The first-order valence-electron chi connectivity index (χ1n) is 9.32. The molecule has 0 atom stereocenters. The number of carbonyl (C=O) groups excluding carboxylic acids is 1. The smallest absolute Gasteiger partial charge is 0.260 e. The lowest BCUT2D eigenvalue weighted by molar-refractivity contribution is 0.0762. The Hall–Kier alpha value is -2.82. The van der Waals surface area contributed by atoms with E-state index in [4.69, 9.17) is 10.5 Å². The highest BCUT2D eigenvalue weighted by Crippen LogP contribution is 2.31. The third kappa shape index (κ3) is 3.97. The van der Waals surface area contributed by atoms with Crippen molar-refractivity contribution in [3.05, 3.63) is 58.8 Å². The number of ether oxygens (including phenoxy) is 1. The van der Waals surface area contributed by atoms with E-state index in [-0.39, 0.29) is 5.91 Å². The second-order valence-corrected chi connectivity index (χ2v) is 7.40. The first kappa shape index (κ1) is 19.0. The summed E-state index contributed by atoms with van der Waals surface area (Å²) in [5.74, 6) is 0.750. The summed E-state index contributed by atoms with van der Waals surface area (Å²) in [5.41, 5.74) is 11.7. The van der Waals surface area contributed by atoms with Gasteiger partial charge in [-0.25, -0.2) is 4.98 Å². The van der Waals surface area contributed by atoms with Crippen molar-refractivity contribution in [3.8, 4) is 5.88 Å². The minimum Gasteiger partial charge on any atom is -0.477 e. The molecule has 27 heavy (non-hydrogen) atoms. The summed E-state index contributed by atoms with van der Waals surface area (Å²) in [7, 11) is 0. The van der Waals surface area contributed by atoms with Crippen molar-refractivity contribution >= 4 is 17.2 Å². The molecule has 3 rings (SSSR count). The van der Waals surface area contributed by atoms with Crippen molar-refractivity contribution < 1.29 is 9.53 Å². The van der Waals surface area contributed by atoms with Crippen LogP contribution in [-0.2, 0) is 13.1 Å². The van der Waals surface area contributed by atoms with Gasteiger partial charge in [0.2, 0.25) is 5.88 Å². The number of aromatic nitrogens is 1. The number of amides is 1. The average Bonchev–Trinajstić information content (AvgIpc) is 2.97. The van der Waals surface area contributed by atoms with E-state index in [1.807, 2.05) is 31.2 Å². The Morgan fingerprint density at radius 1 is 1.37 bits per heavy atom. The molecule has 1 aliphatic heterocycles. The van der Waals surface area contributed by atoms with Crippen LogP contribution < -0.4 is 10.5 Å². The van der Waals surface area contributed by atoms with Crippen molar-refractivity contribution in [2.24, 2.45) is 5.92 Å². The fraction of sp³-hybridized carbons (Fsp3) is 0.364. The van der Waals surface area contributed by atoms with E-state index in [0.717, 1.165) is 16.7 Å². The Morgan fingerprint density at radius 3 is 2.81 bits per heavy atom. The number of allylic oxidation sites excluding steroid dienone is 2. The van der Waals surface area contributed by atoms with Crippen LogP contribution in [0.25, 0.3) is 5.57 Å². The quantitative estimate of drug-likeness (QED) is 0.776. The van der Waals surface area contributed by atoms with E-state index in [2.05, 4.69) is 31.8 Å². The highest BCUT2D eigenvalue weighted by molar-refractivity contribution is 6.00. The van der Waals surface area contributed by atoms with Gasteiger partial charge in [0, 0.05) is 25.0 Å². The van der Waals surface area contributed by atoms with Crippen molar-refractivity contribution in [1.29, 1.82) is 0 Å². The van der Waals surface area contributed by atoms with E-state index < -0.39 is 0 Å². The number of anilines is 1. The summed E-state index contributed by atoms with van der Waals surface area (Å²) in [5, 5.41) is 0. The Morgan fingerprint density at radius 2 is 2.15 bits per heavy atom. The number of nitrogen functional groups attached to an aromatic ring is 1. The SMILES string of the molecule is C/C=C(\C)c1ccc(CN2Cc3ccnc(OCC(C)C)c3C2=O)c(N)c1. The van der Waals surface area contributed by atoms with E-state index in [1.165, 1.54) is 5.57 Å². The van der Waals surface area contributed by atoms with Gasteiger partial charge in [0.25, 0.3) is 5.91 Å². The first-order valence-corrected chi connectivity index (χ1v) is 9.32. The molecule has 1 aromatic carbocycles. The van der Waals surface area contributed by atoms with Crippen LogP contribution in [0.3, 0.4) is 0 Å². The maximum Gasteiger partial charge on any atom is 0.260 e. The van der Waals surface area contributed by atoms with Crippen LogP contribution in [-0.4, -0.2) is 22.4 Å². The molecule has 0 unspecified atom stereocenters. The molecule has 0 bridgehead atoms. The van der Waals surface area contributed by atoms with Gasteiger partial charge in [-0.1, -0.05) is 32.1 Å². The summed E-state index contributed by atoms with van der Waals surface area (Å²) in [6, 6.07) is 7.91. The number of benzene rings is 1. The molecule has 0 aliphatic carbocycles. The highest BCUT2D eigenvalue weighted by atomic mass is 16.5. The van der Waals surface area contributed by atoms with Gasteiger partial charge in [0.1, 0.15) is 5.56 Å². The zero-order valence-corrected chi connectivity index (χ0v) is 16.5. The normalized spacial score (nSPS) is 14.0. The van der Waals surface area contributed by atoms with Crippen LogP contribution in [0.4, 0.5) is 5.69 Å². The number of fused-ring (bicyclic) bond motifs is 1. The van der Waals surface area contributed by atoms with Crippen LogP contribution >= 0.6 is 0 Å². The zero-order chi connectivity index (χ0) is 19.6. The lowest BCUT2D eigenvalue weighted by Crippen LogP contribution is -2.24. The molecule has 0 saturated carbocycles. The molecule has 142 valence electrons. The third-order valence-corrected chi connectivity index (χ3v) is 4.81. The van der Waals surface area contributed by atoms with E-state index >= 15 is 0 Å². The standard InChI is InChI=1S/C22H27N3O2/c1-5-15(4)16-6-7-17(19(23)10-16)11-25-12-18-8-9-24-21(20(18)22(25)26)27-13-14(2)3/h5-10,14H,11-13,23H2,1-4H3/b15-5+. The van der Waals surface area contributed by atoms with Crippen LogP contribution in [0.5, 0.6) is 5.88 Å². The molecule has 2 N–H and O–H groups in total. The largest absolute Gasteiger partial charge is 0.477 e. The number of nitrogens with zero attached hydrogens (tertiary/aromatic N) is 2. The van der Waals surface area contributed by atoms with Crippen molar-refractivity contribution in [2.45, 2.75) is 40.8 Å². The van der Waals surface area contributed by atoms with E-state index in [1.54, 1.807) is 11.1 Å². The Bertz CT molecular complexity index is 887. The Labute approximate surface area is 160 Å². The van der Waals surface area contributed by atoms with Gasteiger partial charge < -0.3 is 15.4 Å². The summed E-state index contributed by atoms with van der Waals surface area (Å²) in [4.78, 5) is 19.0. The molecule has 0 radical (unpaired) electrons. The van der Waals surface area contributed by atoms with Crippen molar-refractivity contribution in [2.75, 3.05) is 12.3 Å². The summed E-state index contributed by atoms with van der Waals surface area (Å²) < 4.78 is 5.77. The predicted octanol–water partition coefficient (Wildman–Crippen LogP) is 4.28. The first-order chi connectivity index (χ1) is 12.9. The second-order valence-electron chi connectivity index (χ2n) is 7.40. The molecular formula is C22H27N3O2. The Balaban J connectivity index is 1.80. The van der Waals surface area contributed by atoms with Gasteiger partial charge in [-0.2, -0.15) is 0 Å². The lowest BCUT2D eigenvalue weighted by atomic mass is 10.0. The molecule has 5 nitrogen and oxygen atoms in total. The lowest BCUT2D eigenvalue weighted by Gasteiger charge is -2.18. The fourth-order valence-corrected chi connectivity index (χ4v) is 3.12.